The Morgan fingerprint density at radius 3 is 2.62 bits per heavy atom. The van der Waals surface area contributed by atoms with Crippen molar-refractivity contribution < 1.29 is 0 Å². The molecule has 1 atom stereocenters. The van der Waals surface area contributed by atoms with Crippen LogP contribution in [0.2, 0.25) is 5.02 Å². The first-order chi connectivity index (χ1) is 9.73. The minimum absolute atomic E-state index is 0.00286. The molecule has 1 aromatic rings. The second-order valence-corrected chi connectivity index (χ2v) is 7.64. The molecule has 1 fully saturated rings. The van der Waals surface area contributed by atoms with E-state index in [0.717, 1.165) is 31.5 Å². The fourth-order valence-corrected chi connectivity index (χ4v) is 3.71. The standard InChI is InChI=1S/C16H24Cl2N2O/c1-11(2)20-10-14(18)13(8-15(20)21)16(3,4)19-7-5-6-12(17)9-19/h8,10-12H,5-7,9H2,1-4H3. The maximum Gasteiger partial charge on any atom is 0.251 e. The SMILES string of the molecule is CC(C)n1cc(Cl)c(C(C)(C)N2CCCC(Cl)C2)cc1=O. The molecule has 2 heterocycles. The molecule has 3 nitrogen and oxygen atoms in total. The summed E-state index contributed by atoms with van der Waals surface area (Å²) in [6, 6.07) is 1.79. The van der Waals surface area contributed by atoms with Crippen LogP contribution in [-0.2, 0) is 5.54 Å². The molecule has 0 spiro atoms. The van der Waals surface area contributed by atoms with Crippen molar-refractivity contribution in [3.63, 3.8) is 0 Å². The molecular formula is C16H24Cl2N2O. The van der Waals surface area contributed by atoms with Gasteiger partial charge in [-0.15, -0.1) is 11.6 Å². The molecule has 1 saturated heterocycles. The van der Waals surface area contributed by atoms with E-state index in [4.69, 9.17) is 23.2 Å². The third kappa shape index (κ3) is 3.46. The molecule has 21 heavy (non-hydrogen) atoms. The summed E-state index contributed by atoms with van der Waals surface area (Å²) in [6.45, 7) is 10.00. The van der Waals surface area contributed by atoms with Crippen LogP contribution in [0.3, 0.4) is 0 Å². The highest BCUT2D eigenvalue weighted by Crippen LogP contribution is 2.35. The maximum atomic E-state index is 12.3. The Labute approximate surface area is 136 Å². The lowest BCUT2D eigenvalue weighted by molar-refractivity contribution is 0.0961. The van der Waals surface area contributed by atoms with Gasteiger partial charge in [0, 0.05) is 35.8 Å². The lowest BCUT2D eigenvalue weighted by Crippen LogP contribution is -2.48. The van der Waals surface area contributed by atoms with Crippen molar-refractivity contribution in [3.8, 4) is 0 Å². The number of alkyl halides is 1. The number of halogens is 2. The van der Waals surface area contributed by atoms with Crippen molar-refractivity contribution in [1.29, 1.82) is 0 Å². The van der Waals surface area contributed by atoms with E-state index < -0.39 is 0 Å². The Kier molecular flexibility index (Phi) is 5.07. The van der Waals surface area contributed by atoms with E-state index in [1.165, 1.54) is 0 Å². The van der Waals surface area contributed by atoms with Gasteiger partial charge in [0.15, 0.2) is 0 Å². The van der Waals surface area contributed by atoms with Gasteiger partial charge in [-0.05, 0) is 52.6 Å². The topological polar surface area (TPSA) is 25.2 Å². The van der Waals surface area contributed by atoms with Crippen LogP contribution < -0.4 is 5.56 Å². The Hall–Kier alpha value is -0.510. The molecule has 1 aliphatic rings. The van der Waals surface area contributed by atoms with Gasteiger partial charge in [-0.1, -0.05) is 11.6 Å². The lowest BCUT2D eigenvalue weighted by Gasteiger charge is -2.43. The summed E-state index contributed by atoms with van der Waals surface area (Å²) in [7, 11) is 0. The zero-order valence-electron chi connectivity index (χ0n) is 13.2. The van der Waals surface area contributed by atoms with Gasteiger partial charge in [-0.25, -0.2) is 0 Å². The molecule has 0 saturated carbocycles. The first kappa shape index (κ1) is 16.9. The molecule has 5 heteroatoms. The highest BCUT2D eigenvalue weighted by atomic mass is 35.5. The van der Waals surface area contributed by atoms with Crippen LogP contribution in [0.1, 0.15) is 52.1 Å². The molecule has 0 radical (unpaired) electrons. The summed E-state index contributed by atoms with van der Waals surface area (Å²) >= 11 is 12.8. The second-order valence-electron chi connectivity index (χ2n) is 6.62. The van der Waals surface area contributed by atoms with Crippen molar-refractivity contribution in [2.75, 3.05) is 13.1 Å². The van der Waals surface area contributed by atoms with Gasteiger partial charge in [0.1, 0.15) is 0 Å². The molecule has 0 aromatic carbocycles. The van der Waals surface area contributed by atoms with Crippen LogP contribution in [0.5, 0.6) is 0 Å². The van der Waals surface area contributed by atoms with Crippen LogP contribution in [0.25, 0.3) is 0 Å². The van der Waals surface area contributed by atoms with E-state index in [-0.39, 0.29) is 22.5 Å². The molecule has 0 N–H and O–H groups in total. The second kappa shape index (κ2) is 6.31. The fraction of sp³-hybridized carbons (Fsp3) is 0.688. The van der Waals surface area contributed by atoms with Gasteiger partial charge < -0.3 is 4.57 Å². The number of likely N-dealkylation sites (tertiary alicyclic amines) is 1. The van der Waals surface area contributed by atoms with E-state index in [1.807, 2.05) is 13.8 Å². The number of hydrogen-bond acceptors (Lipinski definition) is 2. The molecule has 1 aliphatic heterocycles. The van der Waals surface area contributed by atoms with E-state index in [0.29, 0.717) is 5.02 Å². The zero-order valence-corrected chi connectivity index (χ0v) is 14.7. The molecule has 2 rings (SSSR count). The third-order valence-electron chi connectivity index (χ3n) is 4.40. The minimum atomic E-state index is -0.292. The molecule has 118 valence electrons. The van der Waals surface area contributed by atoms with E-state index >= 15 is 0 Å². The fourth-order valence-electron chi connectivity index (χ4n) is 3.00. The summed E-state index contributed by atoms with van der Waals surface area (Å²) in [6.07, 6.45) is 3.89. The Balaban J connectivity index is 2.40. The Morgan fingerprint density at radius 1 is 1.38 bits per heavy atom. The van der Waals surface area contributed by atoms with Crippen molar-refractivity contribution in [2.45, 2.75) is 57.5 Å². The highest BCUT2D eigenvalue weighted by Gasteiger charge is 2.34. The highest BCUT2D eigenvalue weighted by molar-refractivity contribution is 6.31. The first-order valence-corrected chi connectivity index (χ1v) is 8.36. The average Bonchev–Trinajstić information content (AvgIpc) is 2.40. The summed E-state index contributed by atoms with van der Waals surface area (Å²) in [5.41, 5.74) is 0.591. The molecule has 0 aliphatic carbocycles. The predicted octanol–water partition coefficient (Wildman–Crippen LogP) is 4.02. The van der Waals surface area contributed by atoms with Crippen molar-refractivity contribution in [2.24, 2.45) is 0 Å². The number of pyridine rings is 1. The lowest BCUT2D eigenvalue weighted by atomic mass is 9.90. The van der Waals surface area contributed by atoms with Crippen molar-refractivity contribution >= 4 is 23.2 Å². The summed E-state index contributed by atoms with van der Waals surface area (Å²) in [5.74, 6) is 0. The van der Waals surface area contributed by atoms with Crippen LogP contribution in [-0.4, -0.2) is 27.9 Å². The van der Waals surface area contributed by atoms with Gasteiger partial charge in [0.25, 0.3) is 5.56 Å². The van der Waals surface area contributed by atoms with Gasteiger partial charge in [-0.2, -0.15) is 0 Å². The number of piperidine rings is 1. The average molecular weight is 331 g/mol. The van der Waals surface area contributed by atoms with Crippen molar-refractivity contribution in [3.05, 3.63) is 33.2 Å². The number of nitrogens with zero attached hydrogens (tertiary/aromatic N) is 2. The van der Waals surface area contributed by atoms with Crippen LogP contribution in [0, 0.1) is 0 Å². The summed E-state index contributed by atoms with van der Waals surface area (Å²) in [4.78, 5) is 14.6. The summed E-state index contributed by atoms with van der Waals surface area (Å²) < 4.78 is 1.67. The maximum absolute atomic E-state index is 12.3. The Morgan fingerprint density at radius 2 is 2.05 bits per heavy atom. The molecule has 0 bridgehead atoms. The van der Waals surface area contributed by atoms with E-state index in [9.17, 15) is 4.79 Å². The first-order valence-electron chi connectivity index (χ1n) is 7.54. The molecular weight excluding hydrogens is 307 g/mol. The zero-order chi connectivity index (χ0) is 15.8. The molecule has 1 aromatic heterocycles. The third-order valence-corrected chi connectivity index (χ3v) is 5.06. The quantitative estimate of drug-likeness (QED) is 0.782. The summed E-state index contributed by atoms with van der Waals surface area (Å²) in [5, 5.41) is 0.817. The largest absolute Gasteiger partial charge is 0.312 e. The smallest absolute Gasteiger partial charge is 0.251 e. The molecule has 1 unspecified atom stereocenters. The number of hydrogen-bond donors (Lipinski definition) is 0. The monoisotopic (exact) mass is 330 g/mol. The minimum Gasteiger partial charge on any atom is -0.312 e. The van der Waals surface area contributed by atoms with Gasteiger partial charge >= 0.3 is 0 Å². The van der Waals surface area contributed by atoms with E-state index in [1.54, 1.807) is 16.8 Å². The number of aromatic nitrogens is 1. The van der Waals surface area contributed by atoms with Crippen LogP contribution in [0.4, 0.5) is 0 Å². The van der Waals surface area contributed by atoms with E-state index in [2.05, 4.69) is 18.7 Å². The van der Waals surface area contributed by atoms with Gasteiger partial charge in [0.2, 0.25) is 0 Å². The number of rotatable bonds is 3. The predicted molar refractivity (Wildman–Crippen MR) is 89.6 cm³/mol. The van der Waals surface area contributed by atoms with Gasteiger partial charge in [0.05, 0.1) is 5.02 Å². The Bertz CT molecular complexity index is 566. The van der Waals surface area contributed by atoms with Crippen molar-refractivity contribution in [1.82, 2.24) is 9.47 Å². The van der Waals surface area contributed by atoms with Crippen LogP contribution in [0.15, 0.2) is 17.1 Å². The van der Waals surface area contributed by atoms with Gasteiger partial charge in [-0.3, -0.25) is 9.69 Å². The van der Waals surface area contributed by atoms with Crippen LogP contribution >= 0.6 is 23.2 Å². The molecule has 0 amide bonds. The normalized spacial score (nSPS) is 21.0.